The number of carbonyl (C=O) groups excluding carboxylic acids is 1. The Balaban J connectivity index is 2.20. The topological polar surface area (TPSA) is 67.6 Å². The number of amides is 1. The van der Waals surface area contributed by atoms with E-state index in [2.05, 4.69) is 24.1 Å². The van der Waals surface area contributed by atoms with E-state index in [9.17, 15) is 4.79 Å². The monoisotopic (exact) mass is 271 g/mol. The van der Waals surface area contributed by atoms with E-state index in [-0.39, 0.29) is 11.8 Å². The molecule has 1 aliphatic heterocycles. The van der Waals surface area contributed by atoms with Crippen LogP contribution in [0.5, 0.6) is 0 Å². The largest absolute Gasteiger partial charge is 0.380 e. The molecule has 1 unspecified atom stereocenters. The second-order valence-electron chi connectivity index (χ2n) is 5.69. The molecule has 0 saturated carbocycles. The van der Waals surface area contributed by atoms with Crippen LogP contribution >= 0.6 is 0 Å². The van der Waals surface area contributed by atoms with Crippen LogP contribution in [0.1, 0.15) is 26.7 Å². The van der Waals surface area contributed by atoms with Crippen LogP contribution in [-0.4, -0.2) is 56.7 Å². The van der Waals surface area contributed by atoms with Crippen molar-refractivity contribution in [3.8, 4) is 0 Å². The van der Waals surface area contributed by atoms with Crippen molar-refractivity contribution < 1.29 is 9.53 Å². The van der Waals surface area contributed by atoms with Crippen molar-refractivity contribution in [2.24, 2.45) is 17.6 Å². The summed E-state index contributed by atoms with van der Waals surface area (Å²) < 4.78 is 5.60. The van der Waals surface area contributed by atoms with E-state index in [1.54, 1.807) is 0 Å². The SMILES string of the molecule is CC(C)COCCN1CCCC(C(=O)NCCN)C1. The second-order valence-corrected chi connectivity index (χ2v) is 5.69. The van der Waals surface area contributed by atoms with Crippen LogP contribution < -0.4 is 11.1 Å². The summed E-state index contributed by atoms with van der Waals surface area (Å²) in [5.74, 6) is 0.847. The van der Waals surface area contributed by atoms with Gasteiger partial charge in [0.25, 0.3) is 0 Å². The first-order valence-electron chi connectivity index (χ1n) is 7.41. The van der Waals surface area contributed by atoms with Gasteiger partial charge in [0.05, 0.1) is 12.5 Å². The molecule has 112 valence electrons. The molecule has 0 aromatic heterocycles. The first-order chi connectivity index (χ1) is 9.13. The molecule has 1 atom stereocenters. The number of carbonyl (C=O) groups is 1. The first-order valence-corrected chi connectivity index (χ1v) is 7.41. The van der Waals surface area contributed by atoms with Gasteiger partial charge in [-0.05, 0) is 25.3 Å². The number of hydrogen-bond donors (Lipinski definition) is 2. The zero-order chi connectivity index (χ0) is 14.1. The van der Waals surface area contributed by atoms with Crippen molar-refractivity contribution >= 4 is 5.91 Å². The molecule has 1 aliphatic rings. The molecule has 19 heavy (non-hydrogen) atoms. The molecule has 5 heteroatoms. The van der Waals surface area contributed by atoms with Gasteiger partial charge in [-0.3, -0.25) is 4.79 Å². The number of nitrogens with two attached hydrogens (primary N) is 1. The highest BCUT2D eigenvalue weighted by atomic mass is 16.5. The minimum absolute atomic E-state index is 0.116. The van der Waals surface area contributed by atoms with Gasteiger partial charge in [-0.2, -0.15) is 0 Å². The predicted octanol–water partition coefficient (Wildman–Crippen LogP) is 0.446. The van der Waals surface area contributed by atoms with Gasteiger partial charge in [-0.25, -0.2) is 0 Å². The van der Waals surface area contributed by atoms with Gasteiger partial charge < -0.3 is 20.7 Å². The summed E-state index contributed by atoms with van der Waals surface area (Å²) in [4.78, 5) is 14.2. The molecule has 1 heterocycles. The van der Waals surface area contributed by atoms with Gasteiger partial charge >= 0.3 is 0 Å². The van der Waals surface area contributed by atoms with Crippen LogP contribution in [0.2, 0.25) is 0 Å². The van der Waals surface area contributed by atoms with Crippen molar-refractivity contribution in [1.82, 2.24) is 10.2 Å². The van der Waals surface area contributed by atoms with Crippen LogP contribution in [0.3, 0.4) is 0 Å². The van der Waals surface area contributed by atoms with Crippen LogP contribution in [0, 0.1) is 11.8 Å². The standard InChI is InChI=1S/C14H29N3O2/c1-12(2)11-19-9-8-17-7-3-4-13(10-17)14(18)16-6-5-15/h12-13H,3-11,15H2,1-2H3,(H,16,18). The molecule has 0 aromatic carbocycles. The van der Waals surface area contributed by atoms with Gasteiger partial charge in [-0.1, -0.05) is 13.8 Å². The minimum atomic E-state index is 0.116. The van der Waals surface area contributed by atoms with E-state index in [1.165, 1.54) is 0 Å². The molecule has 1 rings (SSSR count). The summed E-state index contributed by atoms with van der Waals surface area (Å²) >= 11 is 0. The first kappa shape index (κ1) is 16.4. The van der Waals surface area contributed by atoms with Gasteiger partial charge in [-0.15, -0.1) is 0 Å². The highest BCUT2D eigenvalue weighted by molar-refractivity contribution is 5.78. The second kappa shape index (κ2) is 9.28. The third kappa shape index (κ3) is 6.89. The Bertz CT molecular complexity index is 259. The highest BCUT2D eigenvalue weighted by Crippen LogP contribution is 2.16. The summed E-state index contributed by atoms with van der Waals surface area (Å²) in [7, 11) is 0. The molecule has 0 aliphatic carbocycles. The van der Waals surface area contributed by atoms with Crippen molar-refractivity contribution in [2.45, 2.75) is 26.7 Å². The van der Waals surface area contributed by atoms with Crippen LogP contribution in [0.4, 0.5) is 0 Å². The lowest BCUT2D eigenvalue weighted by molar-refractivity contribution is -0.126. The Morgan fingerprint density at radius 2 is 2.32 bits per heavy atom. The van der Waals surface area contributed by atoms with Crippen molar-refractivity contribution in [1.29, 1.82) is 0 Å². The van der Waals surface area contributed by atoms with Gasteiger partial charge in [0.1, 0.15) is 0 Å². The number of nitrogens with one attached hydrogen (secondary N) is 1. The summed E-state index contributed by atoms with van der Waals surface area (Å²) in [5.41, 5.74) is 5.40. The lowest BCUT2D eigenvalue weighted by Crippen LogP contribution is -2.44. The molecule has 0 bridgehead atoms. The summed E-state index contributed by atoms with van der Waals surface area (Å²) in [6, 6.07) is 0. The number of hydrogen-bond acceptors (Lipinski definition) is 4. The van der Waals surface area contributed by atoms with E-state index in [4.69, 9.17) is 10.5 Å². The normalized spacial score (nSPS) is 20.7. The van der Waals surface area contributed by atoms with Gasteiger partial charge in [0, 0.05) is 32.8 Å². The fraction of sp³-hybridized carbons (Fsp3) is 0.929. The molecule has 0 aromatic rings. The Morgan fingerprint density at radius 1 is 1.53 bits per heavy atom. The Hall–Kier alpha value is -0.650. The Morgan fingerprint density at radius 3 is 3.00 bits per heavy atom. The average Bonchev–Trinajstić information content (AvgIpc) is 2.41. The van der Waals surface area contributed by atoms with Gasteiger partial charge in [0.15, 0.2) is 0 Å². The summed E-state index contributed by atoms with van der Waals surface area (Å²) in [6.45, 7) is 9.81. The number of likely N-dealkylation sites (tertiary alicyclic amines) is 1. The maximum Gasteiger partial charge on any atom is 0.224 e. The third-order valence-corrected chi connectivity index (χ3v) is 3.32. The van der Waals surface area contributed by atoms with Crippen molar-refractivity contribution in [2.75, 3.05) is 45.9 Å². The maximum atomic E-state index is 11.9. The zero-order valence-electron chi connectivity index (χ0n) is 12.4. The minimum Gasteiger partial charge on any atom is -0.380 e. The fourth-order valence-electron chi connectivity index (χ4n) is 2.33. The number of nitrogens with zero attached hydrogens (tertiary/aromatic N) is 1. The number of ether oxygens (including phenoxy) is 1. The molecule has 1 amide bonds. The van der Waals surface area contributed by atoms with Crippen LogP contribution in [-0.2, 0) is 9.53 Å². The highest BCUT2D eigenvalue weighted by Gasteiger charge is 2.25. The molecular weight excluding hydrogens is 242 g/mol. The number of piperidine rings is 1. The molecule has 0 spiro atoms. The van der Waals surface area contributed by atoms with E-state index >= 15 is 0 Å². The van der Waals surface area contributed by atoms with E-state index in [0.29, 0.717) is 19.0 Å². The molecule has 0 radical (unpaired) electrons. The van der Waals surface area contributed by atoms with E-state index in [0.717, 1.165) is 45.7 Å². The van der Waals surface area contributed by atoms with Crippen molar-refractivity contribution in [3.63, 3.8) is 0 Å². The van der Waals surface area contributed by atoms with Crippen LogP contribution in [0.25, 0.3) is 0 Å². The summed E-state index contributed by atoms with van der Waals surface area (Å²) in [5, 5.41) is 2.88. The van der Waals surface area contributed by atoms with E-state index in [1.807, 2.05) is 0 Å². The lowest BCUT2D eigenvalue weighted by atomic mass is 9.97. The quantitative estimate of drug-likeness (QED) is 0.629. The average molecular weight is 271 g/mol. The fourth-order valence-corrected chi connectivity index (χ4v) is 2.33. The third-order valence-electron chi connectivity index (χ3n) is 3.32. The maximum absolute atomic E-state index is 11.9. The molecule has 1 saturated heterocycles. The molecule has 3 N–H and O–H groups in total. The number of rotatable bonds is 8. The Kier molecular flexibility index (Phi) is 8.02. The smallest absolute Gasteiger partial charge is 0.224 e. The zero-order valence-corrected chi connectivity index (χ0v) is 12.4. The van der Waals surface area contributed by atoms with E-state index < -0.39 is 0 Å². The molecule has 5 nitrogen and oxygen atoms in total. The predicted molar refractivity (Wildman–Crippen MR) is 76.9 cm³/mol. The summed E-state index contributed by atoms with van der Waals surface area (Å²) in [6.07, 6.45) is 2.07. The van der Waals surface area contributed by atoms with Gasteiger partial charge in [0.2, 0.25) is 5.91 Å². The van der Waals surface area contributed by atoms with Crippen molar-refractivity contribution in [3.05, 3.63) is 0 Å². The van der Waals surface area contributed by atoms with Crippen LogP contribution in [0.15, 0.2) is 0 Å². The molecule has 1 fully saturated rings. The lowest BCUT2D eigenvalue weighted by Gasteiger charge is -2.31. The Labute approximate surface area is 116 Å². The molecular formula is C14H29N3O2.